The second kappa shape index (κ2) is 6.83. The normalized spacial score (nSPS) is 12.2. The zero-order valence-electron chi connectivity index (χ0n) is 11.8. The van der Waals surface area contributed by atoms with Crippen molar-refractivity contribution in [3.8, 4) is 0 Å². The van der Waals surface area contributed by atoms with Crippen LogP contribution in [0.4, 0.5) is 11.5 Å². The number of nitrogens with zero attached hydrogens (tertiary/aromatic N) is 2. The van der Waals surface area contributed by atoms with Crippen LogP contribution < -0.4 is 5.32 Å². The van der Waals surface area contributed by atoms with Crippen LogP contribution in [0.25, 0.3) is 0 Å². The first-order valence-electron chi connectivity index (χ1n) is 6.54. The number of rotatable bonds is 7. The van der Waals surface area contributed by atoms with Gasteiger partial charge in [0.1, 0.15) is 17.6 Å². The Morgan fingerprint density at radius 2 is 2.10 bits per heavy atom. The molecule has 110 valence electrons. The monoisotopic (exact) mass is 281 g/mol. The Hall–Kier alpha value is -2.18. The van der Waals surface area contributed by atoms with Crippen LogP contribution in [0.3, 0.4) is 0 Å². The molecule has 1 aromatic rings. The second-order valence-corrected chi connectivity index (χ2v) is 4.66. The smallest absolute Gasteiger partial charge is 0.342 e. The lowest BCUT2D eigenvalue weighted by atomic mass is 9.95. The molecule has 1 heterocycles. The molecular formula is C13H19N3O4. The summed E-state index contributed by atoms with van der Waals surface area (Å²) in [6.07, 6.45) is 2.96. The van der Waals surface area contributed by atoms with E-state index in [1.165, 1.54) is 6.07 Å². The summed E-state index contributed by atoms with van der Waals surface area (Å²) in [5.41, 5.74) is -0.859. The summed E-state index contributed by atoms with van der Waals surface area (Å²) in [4.78, 5) is 25.0. The fraction of sp³-hybridized carbons (Fsp3) is 0.538. The van der Waals surface area contributed by atoms with Crippen LogP contribution >= 0.6 is 0 Å². The molecule has 0 aliphatic heterocycles. The van der Waals surface area contributed by atoms with Gasteiger partial charge in [0.2, 0.25) is 0 Å². The molecule has 0 amide bonds. The number of aromatic carboxylic acids is 1. The minimum Gasteiger partial charge on any atom is -0.477 e. The van der Waals surface area contributed by atoms with Gasteiger partial charge in [0.15, 0.2) is 0 Å². The van der Waals surface area contributed by atoms with Gasteiger partial charge in [-0.3, -0.25) is 10.1 Å². The van der Waals surface area contributed by atoms with Crippen LogP contribution in [-0.2, 0) is 0 Å². The number of hydrogen-bond acceptors (Lipinski definition) is 5. The first-order chi connectivity index (χ1) is 9.40. The van der Waals surface area contributed by atoms with Gasteiger partial charge in [-0.15, -0.1) is 0 Å². The Kier molecular flexibility index (Phi) is 5.42. The van der Waals surface area contributed by atoms with Crippen molar-refractivity contribution in [2.45, 2.75) is 39.7 Å². The van der Waals surface area contributed by atoms with Gasteiger partial charge in [0.25, 0.3) is 0 Å². The Morgan fingerprint density at radius 1 is 1.50 bits per heavy atom. The summed E-state index contributed by atoms with van der Waals surface area (Å²) in [5.74, 6) is -0.565. The van der Waals surface area contributed by atoms with Gasteiger partial charge in [-0.25, -0.2) is 9.78 Å². The summed E-state index contributed by atoms with van der Waals surface area (Å²) < 4.78 is 0. The zero-order valence-corrected chi connectivity index (χ0v) is 11.8. The molecule has 0 aliphatic carbocycles. The van der Waals surface area contributed by atoms with Crippen molar-refractivity contribution >= 4 is 17.5 Å². The van der Waals surface area contributed by atoms with Crippen molar-refractivity contribution in [1.29, 1.82) is 0 Å². The standard InChI is InChI=1S/C13H19N3O4/c1-4-9(5-2)8(3)15-12-6-10(13(17)18)11(7-14-12)16(19)20/h6-9H,4-5H2,1-3H3,(H,14,15)(H,17,18). The summed E-state index contributed by atoms with van der Waals surface area (Å²) in [5, 5.41) is 22.9. The number of anilines is 1. The average molecular weight is 281 g/mol. The average Bonchev–Trinajstić information content (AvgIpc) is 2.39. The van der Waals surface area contributed by atoms with Crippen molar-refractivity contribution in [2.75, 3.05) is 5.32 Å². The van der Waals surface area contributed by atoms with Gasteiger partial charge in [-0.1, -0.05) is 26.7 Å². The molecule has 0 fully saturated rings. The number of aromatic nitrogens is 1. The highest BCUT2D eigenvalue weighted by Crippen LogP contribution is 2.22. The highest BCUT2D eigenvalue weighted by atomic mass is 16.6. The van der Waals surface area contributed by atoms with Crippen molar-refractivity contribution < 1.29 is 14.8 Å². The number of hydrogen-bond donors (Lipinski definition) is 2. The van der Waals surface area contributed by atoms with E-state index in [2.05, 4.69) is 24.1 Å². The molecule has 0 saturated heterocycles. The molecule has 7 heteroatoms. The lowest BCUT2D eigenvalue weighted by Gasteiger charge is -2.23. The number of nitrogens with one attached hydrogen (secondary N) is 1. The van der Waals surface area contributed by atoms with E-state index in [0.29, 0.717) is 11.7 Å². The Morgan fingerprint density at radius 3 is 2.55 bits per heavy atom. The quantitative estimate of drug-likeness (QED) is 0.588. The lowest BCUT2D eigenvalue weighted by Crippen LogP contribution is -2.25. The van der Waals surface area contributed by atoms with Gasteiger partial charge in [0, 0.05) is 12.1 Å². The predicted octanol–water partition coefficient (Wildman–Crippen LogP) is 2.92. The van der Waals surface area contributed by atoms with E-state index < -0.39 is 16.6 Å². The minimum atomic E-state index is -1.34. The van der Waals surface area contributed by atoms with E-state index in [-0.39, 0.29) is 11.6 Å². The number of carbonyl (C=O) groups is 1. The highest BCUT2D eigenvalue weighted by Gasteiger charge is 2.22. The van der Waals surface area contributed by atoms with Crippen molar-refractivity contribution in [2.24, 2.45) is 5.92 Å². The first kappa shape index (κ1) is 15.9. The lowest BCUT2D eigenvalue weighted by molar-refractivity contribution is -0.385. The topological polar surface area (TPSA) is 105 Å². The first-order valence-corrected chi connectivity index (χ1v) is 6.54. The van der Waals surface area contributed by atoms with Crippen LogP contribution in [-0.4, -0.2) is 27.0 Å². The van der Waals surface area contributed by atoms with Gasteiger partial charge in [-0.2, -0.15) is 0 Å². The fourth-order valence-corrected chi connectivity index (χ4v) is 2.19. The third-order valence-corrected chi connectivity index (χ3v) is 3.44. The second-order valence-electron chi connectivity index (χ2n) is 4.66. The maximum atomic E-state index is 11.1. The van der Waals surface area contributed by atoms with E-state index in [0.717, 1.165) is 19.0 Å². The Labute approximate surface area is 117 Å². The van der Waals surface area contributed by atoms with Gasteiger partial charge < -0.3 is 10.4 Å². The molecule has 0 radical (unpaired) electrons. The highest BCUT2D eigenvalue weighted by molar-refractivity contribution is 5.93. The van der Waals surface area contributed by atoms with Crippen molar-refractivity contribution in [3.63, 3.8) is 0 Å². The Balaban J connectivity index is 3.01. The minimum absolute atomic E-state index is 0.112. The van der Waals surface area contributed by atoms with Crippen LogP contribution in [0.15, 0.2) is 12.3 Å². The molecule has 20 heavy (non-hydrogen) atoms. The van der Waals surface area contributed by atoms with Crippen molar-refractivity contribution in [3.05, 3.63) is 27.9 Å². The molecule has 0 spiro atoms. The van der Waals surface area contributed by atoms with E-state index in [4.69, 9.17) is 5.11 Å². The van der Waals surface area contributed by atoms with Crippen LogP contribution in [0.2, 0.25) is 0 Å². The molecule has 0 bridgehead atoms. The molecular weight excluding hydrogens is 262 g/mol. The summed E-state index contributed by atoms with van der Waals surface area (Å²) in [7, 11) is 0. The van der Waals surface area contributed by atoms with E-state index >= 15 is 0 Å². The van der Waals surface area contributed by atoms with Crippen LogP contribution in [0, 0.1) is 16.0 Å². The third kappa shape index (κ3) is 3.66. The molecule has 1 rings (SSSR count). The summed E-state index contributed by atoms with van der Waals surface area (Å²) in [6.45, 7) is 6.15. The van der Waals surface area contributed by atoms with Crippen molar-refractivity contribution in [1.82, 2.24) is 4.98 Å². The van der Waals surface area contributed by atoms with Gasteiger partial charge >= 0.3 is 11.7 Å². The summed E-state index contributed by atoms with van der Waals surface area (Å²) >= 11 is 0. The molecule has 7 nitrogen and oxygen atoms in total. The number of carboxylic acids is 1. The largest absolute Gasteiger partial charge is 0.477 e. The third-order valence-electron chi connectivity index (χ3n) is 3.44. The molecule has 0 aromatic carbocycles. The van der Waals surface area contributed by atoms with E-state index in [1.807, 2.05) is 6.92 Å². The number of carboxylic acid groups (broad SMARTS) is 1. The van der Waals surface area contributed by atoms with Crippen LogP contribution in [0.1, 0.15) is 44.0 Å². The molecule has 1 unspecified atom stereocenters. The maximum absolute atomic E-state index is 11.1. The number of pyridine rings is 1. The van der Waals surface area contributed by atoms with E-state index in [9.17, 15) is 14.9 Å². The Bertz CT molecular complexity index is 500. The summed E-state index contributed by atoms with van der Waals surface area (Å²) in [6, 6.07) is 1.32. The molecule has 1 atom stereocenters. The van der Waals surface area contributed by atoms with Crippen LogP contribution in [0.5, 0.6) is 0 Å². The van der Waals surface area contributed by atoms with Gasteiger partial charge in [-0.05, 0) is 12.8 Å². The van der Waals surface area contributed by atoms with E-state index in [1.54, 1.807) is 0 Å². The predicted molar refractivity (Wildman–Crippen MR) is 75.0 cm³/mol. The molecule has 2 N–H and O–H groups in total. The zero-order chi connectivity index (χ0) is 15.3. The fourth-order valence-electron chi connectivity index (χ4n) is 2.19. The molecule has 0 saturated carbocycles. The number of nitro groups is 1. The van der Waals surface area contributed by atoms with Gasteiger partial charge in [0.05, 0.1) is 4.92 Å². The molecule has 1 aromatic heterocycles. The maximum Gasteiger partial charge on any atom is 0.342 e. The SMILES string of the molecule is CCC(CC)C(C)Nc1cc(C(=O)O)c([N+](=O)[O-])cn1. The molecule has 0 aliphatic rings.